The predicted molar refractivity (Wildman–Crippen MR) is 112 cm³/mol. The molecule has 1 amide bonds. The zero-order chi connectivity index (χ0) is 20.6. The molecule has 2 aromatic carbocycles. The highest BCUT2D eigenvalue weighted by Crippen LogP contribution is 2.40. The number of carbonyl (C=O) groups excluding carboxylic acids is 1. The maximum absolute atomic E-state index is 13.1. The largest absolute Gasteiger partial charge is 0.387 e. The molecular formula is C24H29NO4. The molecule has 2 aliphatic rings. The van der Waals surface area contributed by atoms with Gasteiger partial charge in [0.15, 0.2) is 0 Å². The summed E-state index contributed by atoms with van der Waals surface area (Å²) in [6, 6.07) is 15.9. The summed E-state index contributed by atoms with van der Waals surface area (Å²) >= 11 is 0. The minimum Gasteiger partial charge on any atom is -0.387 e. The van der Waals surface area contributed by atoms with Crippen molar-refractivity contribution in [3.05, 3.63) is 59.7 Å². The zero-order valence-corrected chi connectivity index (χ0v) is 17.1. The van der Waals surface area contributed by atoms with Gasteiger partial charge in [0, 0.05) is 25.1 Å². The van der Waals surface area contributed by atoms with Crippen LogP contribution in [0.5, 0.6) is 0 Å². The molecule has 2 aromatic rings. The SMILES string of the molecule is Cc1ccccc1-c1cccc(C(=O)N2CCC3(CC2)OCC[C@@](C)(O)[C@@H]3O)c1. The Morgan fingerprint density at radius 1 is 1.10 bits per heavy atom. The van der Waals surface area contributed by atoms with Crippen LogP contribution in [0.4, 0.5) is 0 Å². The van der Waals surface area contributed by atoms with Gasteiger partial charge in [-0.05, 0) is 55.5 Å². The molecule has 0 aromatic heterocycles. The summed E-state index contributed by atoms with van der Waals surface area (Å²) in [5.74, 6) is -0.00709. The molecule has 1 spiro atoms. The summed E-state index contributed by atoms with van der Waals surface area (Å²) in [6.45, 7) is 5.16. The van der Waals surface area contributed by atoms with Crippen LogP contribution in [0, 0.1) is 6.92 Å². The normalized spacial score (nSPS) is 26.5. The highest BCUT2D eigenvalue weighted by molar-refractivity contribution is 5.95. The summed E-state index contributed by atoms with van der Waals surface area (Å²) in [5.41, 5.74) is 2.09. The van der Waals surface area contributed by atoms with Gasteiger partial charge < -0.3 is 19.8 Å². The Morgan fingerprint density at radius 3 is 2.55 bits per heavy atom. The van der Waals surface area contributed by atoms with E-state index in [2.05, 4.69) is 19.1 Å². The van der Waals surface area contributed by atoms with E-state index in [9.17, 15) is 15.0 Å². The molecule has 5 nitrogen and oxygen atoms in total. The topological polar surface area (TPSA) is 70.0 Å². The number of aliphatic hydroxyl groups is 2. The number of benzene rings is 2. The van der Waals surface area contributed by atoms with Crippen molar-refractivity contribution >= 4 is 5.91 Å². The molecule has 2 N–H and O–H groups in total. The fourth-order valence-corrected chi connectivity index (χ4v) is 4.65. The highest BCUT2D eigenvalue weighted by Gasteiger charge is 2.52. The van der Waals surface area contributed by atoms with Crippen molar-refractivity contribution in [3.63, 3.8) is 0 Å². The predicted octanol–water partition coefficient (Wildman–Crippen LogP) is 3.17. The van der Waals surface area contributed by atoms with Crippen molar-refractivity contribution in [3.8, 4) is 11.1 Å². The monoisotopic (exact) mass is 395 g/mol. The zero-order valence-electron chi connectivity index (χ0n) is 17.1. The Balaban J connectivity index is 1.49. The van der Waals surface area contributed by atoms with Crippen molar-refractivity contribution in [1.82, 2.24) is 4.90 Å². The van der Waals surface area contributed by atoms with Crippen molar-refractivity contribution in [2.24, 2.45) is 0 Å². The molecule has 4 rings (SSSR count). The van der Waals surface area contributed by atoms with Gasteiger partial charge in [0.05, 0.1) is 12.2 Å². The second-order valence-electron chi connectivity index (χ2n) is 8.61. The lowest BCUT2D eigenvalue weighted by atomic mass is 9.75. The van der Waals surface area contributed by atoms with Crippen LogP contribution >= 0.6 is 0 Å². The third kappa shape index (κ3) is 3.70. The molecule has 2 fully saturated rings. The number of nitrogens with zero attached hydrogens (tertiary/aromatic N) is 1. The van der Waals surface area contributed by atoms with Crippen LogP contribution in [0.25, 0.3) is 11.1 Å². The van der Waals surface area contributed by atoms with Crippen LogP contribution in [0.3, 0.4) is 0 Å². The molecule has 2 aliphatic heterocycles. The lowest BCUT2D eigenvalue weighted by Gasteiger charge is -2.51. The number of likely N-dealkylation sites (tertiary alicyclic amines) is 1. The number of ether oxygens (including phenoxy) is 1. The van der Waals surface area contributed by atoms with Gasteiger partial charge in [-0.25, -0.2) is 0 Å². The van der Waals surface area contributed by atoms with Crippen LogP contribution in [-0.2, 0) is 4.74 Å². The highest BCUT2D eigenvalue weighted by atomic mass is 16.5. The average molecular weight is 395 g/mol. The van der Waals surface area contributed by atoms with E-state index >= 15 is 0 Å². The molecule has 154 valence electrons. The maximum atomic E-state index is 13.1. The molecular weight excluding hydrogens is 366 g/mol. The molecule has 0 bridgehead atoms. The van der Waals surface area contributed by atoms with Crippen LogP contribution in [0.2, 0.25) is 0 Å². The molecule has 0 aliphatic carbocycles. The van der Waals surface area contributed by atoms with Gasteiger partial charge >= 0.3 is 0 Å². The molecule has 0 saturated carbocycles. The van der Waals surface area contributed by atoms with E-state index in [0.29, 0.717) is 44.5 Å². The van der Waals surface area contributed by atoms with E-state index in [1.54, 1.807) is 6.92 Å². The van der Waals surface area contributed by atoms with Crippen LogP contribution in [-0.4, -0.2) is 58.0 Å². The number of hydrogen-bond donors (Lipinski definition) is 2. The summed E-state index contributed by atoms with van der Waals surface area (Å²) in [6.07, 6.45) is 0.524. The summed E-state index contributed by atoms with van der Waals surface area (Å²) in [4.78, 5) is 14.9. The fourth-order valence-electron chi connectivity index (χ4n) is 4.65. The molecule has 0 unspecified atom stereocenters. The van der Waals surface area contributed by atoms with Crippen molar-refractivity contribution < 1.29 is 19.7 Å². The van der Waals surface area contributed by atoms with Crippen LogP contribution in [0.15, 0.2) is 48.5 Å². The first kappa shape index (κ1) is 20.1. The second-order valence-corrected chi connectivity index (χ2v) is 8.61. The third-order valence-corrected chi connectivity index (χ3v) is 6.55. The average Bonchev–Trinajstić information content (AvgIpc) is 2.72. The van der Waals surface area contributed by atoms with E-state index in [-0.39, 0.29) is 5.91 Å². The summed E-state index contributed by atoms with van der Waals surface area (Å²) in [7, 11) is 0. The molecule has 2 atom stereocenters. The molecule has 29 heavy (non-hydrogen) atoms. The van der Waals surface area contributed by atoms with E-state index in [1.807, 2.05) is 41.3 Å². The molecule has 0 radical (unpaired) electrons. The summed E-state index contributed by atoms with van der Waals surface area (Å²) in [5, 5.41) is 21.1. The van der Waals surface area contributed by atoms with Gasteiger partial charge in [0.25, 0.3) is 5.91 Å². The van der Waals surface area contributed by atoms with E-state index < -0.39 is 17.3 Å². The Bertz CT molecular complexity index is 899. The number of aliphatic hydroxyl groups excluding tert-OH is 1. The minimum atomic E-state index is -1.15. The van der Waals surface area contributed by atoms with Crippen molar-refractivity contribution in [2.45, 2.75) is 50.4 Å². The first-order valence-electron chi connectivity index (χ1n) is 10.3. The number of hydrogen-bond acceptors (Lipinski definition) is 4. The van der Waals surface area contributed by atoms with Gasteiger partial charge in [0.2, 0.25) is 0 Å². The Morgan fingerprint density at radius 2 is 1.83 bits per heavy atom. The number of piperidine rings is 1. The van der Waals surface area contributed by atoms with Gasteiger partial charge in [-0.2, -0.15) is 0 Å². The third-order valence-electron chi connectivity index (χ3n) is 6.55. The number of carbonyl (C=O) groups is 1. The maximum Gasteiger partial charge on any atom is 0.253 e. The van der Waals surface area contributed by atoms with Crippen LogP contribution < -0.4 is 0 Å². The molecule has 2 heterocycles. The number of aryl methyl sites for hydroxylation is 1. The van der Waals surface area contributed by atoms with Gasteiger partial charge in [-0.3, -0.25) is 4.79 Å². The van der Waals surface area contributed by atoms with Gasteiger partial charge in [0.1, 0.15) is 11.7 Å². The lowest BCUT2D eigenvalue weighted by molar-refractivity contribution is -0.244. The summed E-state index contributed by atoms with van der Waals surface area (Å²) < 4.78 is 5.93. The minimum absolute atomic E-state index is 0.00709. The number of amides is 1. The Labute approximate surface area is 171 Å². The standard InChI is InChI=1S/C24H29NO4/c1-17-6-3-4-9-20(17)18-7-5-8-19(16-18)21(26)25-13-10-24(11-14-25)22(27)23(2,28)12-15-29-24/h3-9,16,22,27-28H,10-15H2,1-2H3/t22-,23+/m0/s1. The second kappa shape index (κ2) is 7.56. The first-order valence-corrected chi connectivity index (χ1v) is 10.3. The van der Waals surface area contributed by atoms with E-state index in [1.165, 1.54) is 5.56 Å². The smallest absolute Gasteiger partial charge is 0.253 e. The van der Waals surface area contributed by atoms with Gasteiger partial charge in [-0.15, -0.1) is 0 Å². The van der Waals surface area contributed by atoms with Crippen molar-refractivity contribution in [2.75, 3.05) is 19.7 Å². The lowest BCUT2D eigenvalue weighted by Crippen LogP contribution is -2.64. The fraction of sp³-hybridized carbons (Fsp3) is 0.458. The Kier molecular flexibility index (Phi) is 5.23. The molecule has 5 heteroatoms. The quantitative estimate of drug-likeness (QED) is 0.820. The Hall–Kier alpha value is -2.21. The first-order chi connectivity index (χ1) is 13.8. The number of rotatable bonds is 2. The van der Waals surface area contributed by atoms with Gasteiger partial charge in [-0.1, -0.05) is 36.4 Å². The molecule has 2 saturated heterocycles. The van der Waals surface area contributed by atoms with Crippen molar-refractivity contribution in [1.29, 1.82) is 0 Å². The van der Waals surface area contributed by atoms with Crippen LogP contribution in [0.1, 0.15) is 42.1 Å². The van der Waals surface area contributed by atoms with E-state index in [4.69, 9.17) is 4.74 Å². The van der Waals surface area contributed by atoms with E-state index in [0.717, 1.165) is 11.1 Å².